The Morgan fingerprint density at radius 3 is 2.75 bits per heavy atom. The van der Waals surface area contributed by atoms with Crippen molar-refractivity contribution in [2.75, 3.05) is 18.3 Å². The van der Waals surface area contributed by atoms with Crippen LogP contribution in [0.15, 0.2) is 0 Å². The second kappa shape index (κ2) is 7.09. The average Bonchev–Trinajstić information content (AvgIpc) is 2.60. The summed E-state index contributed by atoms with van der Waals surface area (Å²) in [6.45, 7) is 0. The van der Waals surface area contributed by atoms with E-state index in [0.29, 0.717) is 10.6 Å². The molecular formula is C14H18ClNO3S. The third kappa shape index (κ3) is 3.33. The van der Waals surface area contributed by atoms with Crippen LogP contribution in [0, 0.1) is 0 Å². The lowest BCUT2D eigenvalue weighted by Gasteiger charge is -2.06. The third-order valence-electron chi connectivity index (χ3n) is 3.39. The van der Waals surface area contributed by atoms with Crippen molar-refractivity contribution in [2.24, 2.45) is 0 Å². The molecule has 0 unspecified atom stereocenters. The number of hydrogen-bond acceptors (Lipinski definition) is 4. The fourth-order valence-corrected chi connectivity index (χ4v) is 3.89. The van der Waals surface area contributed by atoms with Gasteiger partial charge in [0, 0.05) is 17.2 Å². The molecule has 110 valence electrons. The van der Waals surface area contributed by atoms with Crippen LogP contribution in [0.3, 0.4) is 0 Å². The van der Waals surface area contributed by atoms with Crippen molar-refractivity contribution in [2.45, 2.75) is 38.5 Å². The van der Waals surface area contributed by atoms with Crippen molar-refractivity contribution in [3.05, 3.63) is 16.0 Å². The van der Waals surface area contributed by atoms with Gasteiger partial charge in [-0.2, -0.15) is 0 Å². The van der Waals surface area contributed by atoms with E-state index in [4.69, 9.17) is 16.3 Å². The van der Waals surface area contributed by atoms with Crippen molar-refractivity contribution in [3.8, 4) is 0 Å². The van der Waals surface area contributed by atoms with Crippen molar-refractivity contribution in [1.82, 2.24) is 0 Å². The van der Waals surface area contributed by atoms with Crippen LogP contribution in [0.5, 0.6) is 0 Å². The topological polar surface area (TPSA) is 55.4 Å². The predicted octanol–water partition coefficient (Wildman–Crippen LogP) is 3.37. The van der Waals surface area contributed by atoms with Gasteiger partial charge in [0.2, 0.25) is 5.91 Å². The van der Waals surface area contributed by atoms with Gasteiger partial charge in [-0.1, -0.05) is 6.42 Å². The van der Waals surface area contributed by atoms with Gasteiger partial charge in [0.25, 0.3) is 0 Å². The Balaban J connectivity index is 2.35. The number of amides is 1. The molecule has 1 aliphatic carbocycles. The molecule has 20 heavy (non-hydrogen) atoms. The number of esters is 1. The van der Waals surface area contributed by atoms with Gasteiger partial charge in [-0.25, -0.2) is 4.79 Å². The molecule has 1 aromatic heterocycles. The number of aryl methyl sites for hydroxylation is 1. The lowest BCUT2D eigenvalue weighted by molar-refractivity contribution is -0.115. The first-order valence-corrected chi connectivity index (χ1v) is 8.11. The van der Waals surface area contributed by atoms with Gasteiger partial charge in [0.15, 0.2) is 0 Å². The van der Waals surface area contributed by atoms with E-state index >= 15 is 0 Å². The van der Waals surface area contributed by atoms with E-state index in [1.165, 1.54) is 29.7 Å². The quantitative estimate of drug-likeness (QED) is 0.526. The summed E-state index contributed by atoms with van der Waals surface area (Å²) in [5.41, 5.74) is 1.60. The largest absolute Gasteiger partial charge is 0.465 e. The van der Waals surface area contributed by atoms with Crippen LogP contribution in [0.2, 0.25) is 0 Å². The number of halogens is 1. The van der Waals surface area contributed by atoms with Crippen LogP contribution in [-0.2, 0) is 22.4 Å². The number of hydrogen-bond donors (Lipinski definition) is 1. The first-order valence-electron chi connectivity index (χ1n) is 6.76. The minimum absolute atomic E-state index is 0.165. The summed E-state index contributed by atoms with van der Waals surface area (Å²) in [4.78, 5) is 24.9. The standard InChI is InChI=1S/C14H18ClNO3S/c1-19-14(18)12-9-5-3-2-4-6-10(9)20-13(12)16-11(17)7-8-15/h2-8H2,1H3,(H,16,17). The van der Waals surface area contributed by atoms with Crippen molar-refractivity contribution >= 4 is 39.8 Å². The van der Waals surface area contributed by atoms with E-state index in [9.17, 15) is 9.59 Å². The third-order valence-corrected chi connectivity index (χ3v) is 4.78. The smallest absolute Gasteiger partial charge is 0.341 e. The number of carbonyl (C=O) groups is 2. The first-order chi connectivity index (χ1) is 9.67. The molecule has 0 aliphatic heterocycles. The maximum Gasteiger partial charge on any atom is 0.341 e. The minimum atomic E-state index is -0.370. The number of carbonyl (C=O) groups excluding carboxylic acids is 2. The van der Waals surface area contributed by atoms with Crippen molar-refractivity contribution < 1.29 is 14.3 Å². The summed E-state index contributed by atoms with van der Waals surface area (Å²) >= 11 is 7.06. The average molecular weight is 316 g/mol. The van der Waals surface area contributed by atoms with Crippen LogP contribution >= 0.6 is 22.9 Å². The SMILES string of the molecule is COC(=O)c1c(NC(=O)CCCl)sc2c1CCCCC2. The molecule has 2 rings (SSSR count). The second-order valence-corrected chi connectivity index (χ2v) is 6.23. The molecule has 0 radical (unpaired) electrons. The molecule has 6 heteroatoms. The summed E-state index contributed by atoms with van der Waals surface area (Å²) < 4.78 is 4.87. The Hall–Kier alpha value is -1.07. The number of thiophene rings is 1. The fourth-order valence-electron chi connectivity index (χ4n) is 2.42. The maximum absolute atomic E-state index is 12.0. The lowest BCUT2D eigenvalue weighted by Crippen LogP contribution is -2.14. The zero-order chi connectivity index (χ0) is 14.5. The molecule has 0 fully saturated rings. The molecule has 0 bridgehead atoms. The molecule has 4 nitrogen and oxygen atoms in total. The highest BCUT2D eigenvalue weighted by Gasteiger charge is 2.26. The Kier molecular flexibility index (Phi) is 5.43. The molecule has 0 atom stereocenters. The number of methoxy groups -OCH3 is 1. The molecule has 1 heterocycles. The Labute approximate surface area is 127 Å². The highest BCUT2D eigenvalue weighted by atomic mass is 35.5. The molecule has 0 saturated heterocycles. The van der Waals surface area contributed by atoms with Gasteiger partial charge in [-0.3, -0.25) is 4.79 Å². The van der Waals surface area contributed by atoms with Gasteiger partial charge in [-0.05, 0) is 31.2 Å². The van der Waals surface area contributed by atoms with Gasteiger partial charge in [0.05, 0.1) is 12.7 Å². The number of nitrogens with one attached hydrogen (secondary N) is 1. The number of rotatable bonds is 4. The van der Waals surface area contributed by atoms with Crippen LogP contribution < -0.4 is 5.32 Å². The predicted molar refractivity (Wildman–Crippen MR) is 80.9 cm³/mol. The van der Waals surface area contributed by atoms with Gasteiger partial charge >= 0.3 is 5.97 Å². The summed E-state index contributed by atoms with van der Waals surface area (Å²) in [5, 5.41) is 3.41. The number of ether oxygens (including phenoxy) is 1. The van der Waals surface area contributed by atoms with E-state index in [-0.39, 0.29) is 24.2 Å². The lowest BCUT2D eigenvalue weighted by atomic mass is 10.1. The highest BCUT2D eigenvalue weighted by molar-refractivity contribution is 7.17. The second-order valence-electron chi connectivity index (χ2n) is 4.75. The Bertz CT molecular complexity index is 513. The molecule has 1 aliphatic rings. The molecule has 0 spiro atoms. The van der Waals surface area contributed by atoms with E-state index in [1.807, 2.05) is 0 Å². The summed E-state index contributed by atoms with van der Waals surface area (Å²) in [6, 6.07) is 0. The van der Waals surface area contributed by atoms with Crippen LogP contribution in [0.25, 0.3) is 0 Å². The van der Waals surface area contributed by atoms with Gasteiger partial charge in [-0.15, -0.1) is 22.9 Å². The highest BCUT2D eigenvalue weighted by Crippen LogP contribution is 2.37. The zero-order valence-electron chi connectivity index (χ0n) is 11.5. The minimum Gasteiger partial charge on any atom is -0.465 e. The molecular weight excluding hydrogens is 298 g/mol. The van der Waals surface area contributed by atoms with Crippen LogP contribution in [-0.4, -0.2) is 24.9 Å². The number of anilines is 1. The van der Waals surface area contributed by atoms with E-state index < -0.39 is 0 Å². The van der Waals surface area contributed by atoms with Crippen LogP contribution in [0.1, 0.15) is 46.5 Å². The van der Waals surface area contributed by atoms with E-state index in [0.717, 1.165) is 31.2 Å². The van der Waals surface area contributed by atoms with Gasteiger partial charge in [0.1, 0.15) is 5.00 Å². The van der Waals surface area contributed by atoms with E-state index in [2.05, 4.69) is 5.32 Å². The Morgan fingerprint density at radius 2 is 2.05 bits per heavy atom. The Morgan fingerprint density at radius 1 is 1.30 bits per heavy atom. The molecule has 0 aromatic carbocycles. The summed E-state index contributed by atoms with van der Waals surface area (Å²) in [7, 11) is 1.37. The number of alkyl halides is 1. The monoisotopic (exact) mass is 315 g/mol. The van der Waals surface area contributed by atoms with E-state index in [1.54, 1.807) is 0 Å². The molecule has 0 saturated carbocycles. The molecule has 1 aromatic rings. The number of fused-ring (bicyclic) bond motifs is 1. The zero-order valence-corrected chi connectivity index (χ0v) is 13.0. The normalized spacial score (nSPS) is 14.3. The van der Waals surface area contributed by atoms with Crippen molar-refractivity contribution in [3.63, 3.8) is 0 Å². The first kappa shape index (κ1) is 15.3. The molecule has 1 N–H and O–H groups in total. The molecule has 1 amide bonds. The van der Waals surface area contributed by atoms with Crippen molar-refractivity contribution in [1.29, 1.82) is 0 Å². The van der Waals surface area contributed by atoms with Gasteiger partial charge < -0.3 is 10.1 Å². The summed E-state index contributed by atoms with van der Waals surface area (Å²) in [6.07, 6.45) is 5.46. The van der Waals surface area contributed by atoms with Crippen LogP contribution in [0.4, 0.5) is 5.00 Å². The summed E-state index contributed by atoms with van der Waals surface area (Å²) in [5.74, 6) is -0.267. The fraction of sp³-hybridized carbons (Fsp3) is 0.571. The maximum atomic E-state index is 12.0.